The third-order valence-electron chi connectivity index (χ3n) is 4.69. The van der Waals surface area contributed by atoms with E-state index in [1.54, 1.807) is 26.1 Å². The summed E-state index contributed by atoms with van der Waals surface area (Å²) in [5.74, 6) is -1.66. The van der Waals surface area contributed by atoms with Crippen LogP contribution >= 0.6 is 0 Å². The SMILES string of the molecule is CC1=C2[C](C=CN1)NC(=O)C(CC(=O)N[C@@H](C)c1ccc(C#N)cc1F)=C2C#N.[HH].[HH]. The van der Waals surface area contributed by atoms with E-state index in [1.165, 1.54) is 12.1 Å². The molecule has 29 heavy (non-hydrogen) atoms. The van der Waals surface area contributed by atoms with Crippen LogP contribution in [0.25, 0.3) is 0 Å². The van der Waals surface area contributed by atoms with E-state index in [-0.39, 0.29) is 31.5 Å². The molecule has 1 atom stereocenters. The highest BCUT2D eigenvalue weighted by atomic mass is 19.1. The maximum absolute atomic E-state index is 14.2. The zero-order chi connectivity index (χ0) is 21.1. The molecule has 0 spiro atoms. The lowest BCUT2D eigenvalue weighted by Gasteiger charge is -2.29. The zero-order valence-electron chi connectivity index (χ0n) is 15.8. The van der Waals surface area contributed by atoms with Crippen LogP contribution in [0, 0.1) is 34.5 Å². The average Bonchev–Trinajstić information content (AvgIpc) is 2.68. The summed E-state index contributed by atoms with van der Waals surface area (Å²) in [4.78, 5) is 25.0. The zero-order valence-corrected chi connectivity index (χ0v) is 15.8. The van der Waals surface area contributed by atoms with Crippen molar-refractivity contribution < 1.29 is 16.8 Å². The van der Waals surface area contributed by atoms with E-state index in [0.717, 1.165) is 6.07 Å². The summed E-state index contributed by atoms with van der Waals surface area (Å²) < 4.78 is 14.2. The highest BCUT2D eigenvalue weighted by Crippen LogP contribution is 2.33. The monoisotopic (exact) mass is 394 g/mol. The molecule has 3 N–H and O–H groups in total. The molecular formula is C21H21FN5O2. The fraction of sp³-hybridized carbons (Fsp3) is 0.190. The summed E-state index contributed by atoms with van der Waals surface area (Å²) in [6, 6.07) is 7.67. The molecule has 2 aliphatic heterocycles. The maximum Gasteiger partial charge on any atom is 0.250 e. The highest BCUT2D eigenvalue weighted by Gasteiger charge is 2.34. The molecule has 149 valence electrons. The van der Waals surface area contributed by atoms with Crippen molar-refractivity contribution in [3.05, 3.63) is 75.9 Å². The molecule has 1 aromatic carbocycles. The molecule has 0 bridgehead atoms. The number of fused-ring (bicyclic) bond motifs is 1. The van der Waals surface area contributed by atoms with Gasteiger partial charge in [-0.05, 0) is 38.3 Å². The third kappa shape index (κ3) is 3.87. The van der Waals surface area contributed by atoms with Crippen molar-refractivity contribution in [1.82, 2.24) is 16.0 Å². The van der Waals surface area contributed by atoms with E-state index in [0.29, 0.717) is 17.3 Å². The number of carbonyl (C=O) groups is 2. The summed E-state index contributed by atoms with van der Waals surface area (Å²) in [6.45, 7) is 3.36. The minimum Gasteiger partial charge on any atom is -0.365 e. The second-order valence-electron chi connectivity index (χ2n) is 6.62. The van der Waals surface area contributed by atoms with Gasteiger partial charge in [0, 0.05) is 25.3 Å². The Kier molecular flexibility index (Phi) is 5.47. The summed E-state index contributed by atoms with van der Waals surface area (Å²) in [5.41, 5.74) is 1.81. The molecule has 2 aliphatic rings. The lowest BCUT2D eigenvalue weighted by Crippen LogP contribution is -2.40. The van der Waals surface area contributed by atoms with Crippen molar-refractivity contribution in [3.8, 4) is 12.1 Å². The van der Waals surface area contributed by atoms with Crippen LogP contribution < -0.4 is 16.0 Å². The van der Waals surface area contributed by atoms with E-state index >= 15 is 0 Å². The number of benzene rings is 1. The Morgan fingerprint density at radius 1 is 1.34 bits per heavy atom. The molecule has 3 rings (SSSR count). The predicted octanol–water partition coefficient (Wildman–Crippen LogP) is 2.63. The molecule has 0 saturated carbocycles. The van der Waals surface area contributed by atoms with Gasteiger partial charge in [0.25, 0.3) is 0 Å². The molecule has 1 aromatic rings. The number of amides is 2. The Morgan fingerprint density at radius 2 is 2.10 bits per heavy atom. The van der Waals surface area contributed by atoms with E-state index in [2.05, 4.69) is 16.0 Å². The smallest absolute Gasteiger partial charge is 0.250 e. The van der Waals surface area contributed by atoms with Crippen molar-refractivity contribution in [2.75, 3.05) is 0 Å². The van der Waals surface area contributed by atoms with Crippen LogP contribution in [0.5, 0.6) is 0 Å². The first-order valence-corrected chi connectivity index (χ1v) is 8.80. The van der Waals surface area contributed by atoms with Crippen LogP contribution in [0.2, 0.25) is 0 Å². The number of rotatable bonds is 4. The molecule has 0 saturated heterocycles. The van der Waals surface area contributed by atoms with Crippen LogP contribution in [-0.2, 0) is 9.59 Å². The van der Waals surface area contributed by atoms with Crippen molar-refractivity contribution in [1.29, 1.82) is 10.5 Å². The highest BCUT2D eigenvalue weighted by molar-refractivity contribution is 6.04. The Hall–Kier alpha value is -3.91. The van der Waals surface area contributed by atoms with Crippen LogP contribution in [0.4, 0.5) is 4.39 Å². The van der Waals surface area contributed by atoms with Gasteiger partial charge < -0.3 is 16.0 Å². The fourth-order valence-electron chi connectivity index (χ4n) is 3.27. The Morgan fingerprint density at radius 3 is 2.76 bits per heavy atom. The summed E-state index contributed by atoms with van der Waals surface area (Å²) in [7, 11) is 0. The second kappa shape index (κ2) is 7.99. The molecule has 7 nitrogen and oxygen atoms in total. The molecule has 8 heteroatoms. The Bertz CT molecular complexity index is 1080. The van der Waals surface area contributed by atoms with Crippen molar-refractivity contribution >= 4 is 11.8 Å². The fourth-order valence-corrected chi connectivity index (χ4v) is 3.27. The van der Waals surface area contributed by atoms with Gasteiger partial charge >= 0.3 is 0 Å². The van der Waals surface area contributed by atoms with Crippen LogP contribution in [0.1, 0.15) is 40.3 Å². The molecular weight excluding hydrogens is 373 g/mol. The minimum absolute atomic E-state index is 0. The third-order valence-corrected chi connectivity index (χ3v) is 4.69. The number of nitriles is 2. The molecule has 2 amide bonds. The Balaban J connectivity index is 0.00000240. The number of halogens is 1. The van der Waals surface area contributed by atoms with E-state index in [1.807, 2.05) is 12.1 Å². The van der Waals surface area contributed by atoms with Crippen molar-refractivity contribution in [2.45, 2.75) is 26.3 Å². The van der Waals surface area contributed by atoms with Gasteiger partial charge in [-0.15, -0.1) is 0 Å². The van der Waals surface area contributed by atoms with Crippen LogP contribution in [0.15, 0.2) is 52.9 Å². The van der Waals surface area contributed by atoms with Gasteiger partial charge in [-0.25, -0.2) is 4.39 Å². The number of allylic oxidation sites excluding steroid dienone is 1. The molecule has 0 aromatic heterocycles. The summed E-state index contributed by atoms with van der Waals surface area (Å²) in [6.07, 6.45) is 2.96. The molecule has 1 radical (unpaired) electrons. The summed E-state index contributed by atoms with van der Waals surface area (Å²) in [5, 5.41) is 26.7. The number of hydrogen-bond donors (Lipinski definition) is 3. The van der Waals surface area contributed by atoms with Gasteiger partial charge in [0.1, 0.15) is 17.9 Å². The average molecular weight is 394 g/mol. The number of nitrogens with one attached hydrogen (secondary N) is 3. The first kappa shape index (κ1) is 19.8. The maximum atomic E-state index is 14.2. The largest absolute Gasteiger partial charge is 0.365 e. The number of nitrogens with zero attached hydrogens (tertiary/aromatic N) is 2. The van der Waals surface area contributed by atoms with Crippen LogP contribution in [-0.4, -0.2) is 11.8 Å². The first-order chi connectivity index (χ1) is 13.8. The lowest BCUT2D eigenvalue weighted by atomic mass is 9.86. The molecule has 0 unspecified atom stereocenters. The predicted molar refractivity (Wildman–Crippen MR) is 106 cm³/mol. The van der Waals surface area contributed by atoms with E-state index < -0.39 is 23.7 Å². The van der Waals surface area contributed by atoms with Gasteiger partial charge in [0.05, 0.1) is 29.7 Å². The van der Waals surface area contributed by atoms with E-state index in [9.17, 15) is 19.2 Å². The Labute approximate surface area is 170 Å². The molecule has 2 heterocycles. The topological polar surface area (TPSA) is 118 Å². The van der Waals surface area contributed by atoms with Crippen LogP contribution in [0.3, 0.4) is 0 Å². The normalized spacial score (nSPS) is 16.9. The van der Waals surface area contributed by atoms with Gasteiger partial charge in [0.2, 0.25) is 11.8 Å². The van der Waals surface area contributed by atoms with Crippen molar-refractivity contribution in [3.63, 3.8) is 0 Å². The number of dihydropyridines is 1. The number of hydrogen-bond acceptors (Lipinski definition) is 5. The van der Waals surface area contributed by atoms with E-state index in [4.69, 9.17) is 5.26 Å². The standard InChI is InChI=1S/C21H17FN5O2.2H2/c1-11(14-4-3-13(9-23)7-17(14)22)26-19(28)8-15-16(10-24)20-12(2)25-6-5-18(20)27-21(15)29;;/h3-7,11,25H,8H2,1-2H3,(H,26,28)(H,27,29);2*1H/t11-;;/m0../s1. The second-order valence-corrected chi connectivity index (χ2v) is 6.62. The van der Waals surface area contributed by atoms with Gasteiger partial charge in [0.15, 0.2) is 0 Å². The number of carbonyl (C=O) groups excluding carboxylic acids is 2. The van der Waals surface area contributed by atoms with Gasteiger partial charge in [-0.2, -0.15) is 10.5 Å². The summed E-state index contributed by atoms with van der Waals surface area (Å²) >= 11 is 0. The molecule has 0 fully saturated rings. The van der Waals surface area contributed by atoms with Gasteiger partial charge in [-0.3, -0.25) is 9.59 Å². The lowest BCUT2D eigenvalue weighted by molar-refractivity contribution is -0.123. The first-order valence-electron chi connectivity index (χ1n) is 8.80. The quantitative estimate of drug-likeness (QED) is 0.726. The van der Waals surface area contributed by atoms with Crippen molar-refractivity contribution in [2.24, 2.45) is 0 Å². The molecule has 0 aliphatic carbocycles. The minimum atomic E-state index is -0.685. The van der Waals surface area contributed by atoms with Gasteiger partial charge in [-0.1, -0.05) is 6.07 Å².